The Morgan fingerprint density at radius 3 is 2.45 bits per heavy atom. The van der Waals surface area contributed by atoms with Crippen LogP contribution in [0.3, 0.4) is 0 Å². The van der Waals surface area contributed by atoms with Crippen molar-refractivity contribution in [3.63, 3.8) is 0 Å². The Kier molecular flexibility index (Phi) is 5.72. The summed E-state index contributed by atoms with van der Waals surface area (Å²) in [6.45, 7) is 3.15. The Balaban J connectivity index is 2.07. The largest absolute Gasteiger partial charge is 0.381 e. The van der Waals surface area contributed by atoms with Gasteiger partial charge in [-0.2, -0.15) is 8.42 Å². The molecule has 0 radical (unpaired) electrons. The summed E-state index contributed by atoms with van der Waals surface area (Å²) in [6, 6.07) is 6.58. The molecule has 0 saturated carbocycles. The number of aldehydes is 1. The SMILES string of the molecule is Cc1ccc(S(=O)(=O)OCC2(CCC=O)CCOCC2)cc1. The van der Waals surface area contributed by atoms with Crippen molar-refractivity contribution < 1.29 is 22.1 Å². The van der Waals surface area contributed by atoms with Gasteiger partial charge in [-0.3, -0.25) is 4.18 Å². The minimum Gasteiger partial charge on any atom is -0.381 e. The Labute approximate surface area is 131 Å². The molecule has 0 unspecified atom stereocenters. The standard InChI is InChI=1S/C16H22O5S/c1-14-3-5-15(6-4-14)22(18,19)21-13-16(7-2-10-17)8-11-20-12-9-16/h3-6,10H,2,7-9,11-13H2,1H3. The summed E-state index contributed by atoms with van der Waals surface area (Å²) >= 11 is 0. The highest BCUT2D eigenvalue weighted by Crippen LogP contribution is 2.36. The topological polar surface area (TPSA) is 69.7 Å². The van der Waals surface area contributed by atoms with Crippen molar-refractivity contribution in [3.8, 4) is 0 Å². The van der Waals surface area contributed by atoms with Crippen LogP contribution in [0.15, 0.2) is 29.2 Å². The Morgan fingerprint density at radius 2 is 1.86 bits per heavy atom. The molecule has 1 aliphatic heterocycles. The maximum atomic E-state index is 12.3. The molecule has 1 aromatic carbocycles. The molecule has 5 nitrogen and oxygen atoms in total. The summed E-state index contributed by atoms with van der Waals surface area (Å²) in [5.41, 5.74) is 0.697. The van der Waals surface area contributed by atoms with Gasteiger partial charge in [-0.25, -0.2) is 0 Å². The fraction of sp³-hybridized carbons (Fsp3) is 0.562. The van der Waals surface area contributed by atoms with Gasteiger partial charge in [0.15, 0.2) is 0 Å². The Morgan fingerprint density at radius 1 is 1.23 bits per heavy atom. The number of aryl methyl sites for hydroxylation is 1. The van der Waals surface area contributed by atoms with Gasteiger partial charge in [0.1, 0.15) is 6.29 Å². The number of hydrogen-bond acceptors (Lipinski definition) is 5. The molecule has 1 fully saturated rings. The van der Waals surface area contributed by atoms with Crippen molar-refractivity contribution in [2.75, 3.05) is 19.8 Å². The zero-order valence-corrected chi connectivity index (χ0v) is 13.6. The van der Waals surface area contributed by atoms with Crippen LogP contribution < -0.4 is 0 Å². The number of carbonyl (C=O) groups excluding carboxylic acids is 1. The molecular weight excluding hydrogens is 304 g/mol. The van der Waals surface area contributed by atoms with Gasteiger partial charge in [0.05, 0.1) is 11.5 Å². The quantitative estimate of drug-likeness (QED) is 0.569. The van der Waals surface area contributed by atoms with E-state index in [9.17, 15) is 13.2 Å². The third kappa shape index (κ3) is 4.38. The van der Waals surface area contributed by atoms with Crippen molar-refractivity contribution in [1.29, 1.82) is 0 Å². The summed E-state index contributed by atoms with van der Waals surface area (Å²) in [4.78, 5) is 10.8. The van der Waals surface area contributed by atoms with E-state index in [1.165, 1.54) is 0 Å². The van der Waals surface area contributed by atoms with Gasteiger partial charge in [-0.15, -0.1) is 0 Å². The van der Waals surface area contributed by atoms with Crippen LogP contribution in [-0.4, -0.2) is 34.5 Å². The van der Waals surface area contributed by atoms with E-state index < -0.39 is 10.1 Å². The number of benzene rings is 1. The van der Waals surface area contributed by atoms with E-state index in [-0.39, 0.29) is 16.9 Å². The van der Waals surface area contributed by atoms with Crippen LogP contribution in [0.2, 0.25) is 0 Å². The first-order valence-electron chi connectivity index (χ1n) is 7.45. The predicted molar refractivity (Wildman–Crippen MR) is 82.1 cm³/mol. The molecule has 0 N–H and O–H groups in total. The lowest BCUT2D eigenvalue weighted by Gasteiger charge is -2.36. The van der Waals surface area contributed by atoms with Gasteiger partial charge < -0.3 is 9.53 Å². The first-order valence-corrected chi connectivity index (χ1v) is 8.86. The third-order valence-corrected chi connectivity index (χ3v) is 5.45. The monoisotopic (exact) mass is 326 g/mol. The van der Waals surface area contributed by atoms with Crippen molar-refractivity contribution in [3.05, 3.63) is 29.8 Å². The van der Waals surface area contributed by atoms with Gasteiger partial charge in [-0.05, 0) is 43.7 Å². The zero-order chi connectivity index (χ0) is 16.1. The molecule has 6 heteroatoms. The van der Waals surface area contributed by atoms with E-state index in [0.717, 1.165) is 11.8 Å². The summed E-state index contributed by atoms with van der Waals surface area (Å²) < 4.78 is 35.2. The van der Waals surface area contributed by atoms with Gasteiger partial charge in [0, 0.05) is 19.6 Å². The van der Waals surface area contributed by atoms with E-state index in [0.29, 0.717) is 38.9 Å². The summed E-state index contributed by atoms with van der Waals surface area (Å²) in [5, 5.41) is 0. The Hall–Kier alpha value is -1.24. The second kappa shape index (κ2) is 7.35. The number of ether oxygens (including phenoxy) is 1. The first kappa shape index (κ1) is 17.1. The molecule has 1 saturated heterocycles. The highest BCUT2D eigenvalue weighted by atomic mass is 32.2. The van der Waals surface area contributed by atoms with Crippen LogP contribution in [0.1, 0.15) is 31.2 Å². The average molecular weight is 326 g/mol. The van der Waals surface area contributed by atoms with E-state index in [1.54, 1.807) is 24.3 Å². The van der Waals surface area contributed by atoms with E-state index in [4.69, 9.17) is 8.92 Å². The minimum atomic E-state index is -3.77. The van der Waals surface area contributed by atoms with Gasteiger partial charge in [0.2, 0.25) is 0 Å². The molecule has 0 amide bonds. The van der Waals surface area contributed by atoms with Crippen LogP contribution in [0.25, 0.3) is 0 Å². The molecule has 1 aliphatic rings. The highest BCUT2D eigenvalue weighted by molar-refractivity contribution is 7.86. The van der Waals surface area contributed by atoms with Crippen molar-refractivity contribution in [2.24, 2.45) is 5.41 Å². The summed E-state index contributed by atoms with van der Waals surface area (Å²) in [5.74, 6) is 0. The van der Waals surface area contributed by atoms with E-state index in [1.807, 2.05) is 6.92 Å². The van der Waals surface area contributed by atoms with Crippen molar-refractivity contribution >= 4 is 16.4 Å². The smallest absolute Gasteiger partial charge is 0.296 e. The summed E-state index contributed by atoms with van der Waals surface area (Å²) in [7, 11) is -3.77. The van der Waals surface area contributed by atoms with Crippen LogP contribution in [-0.2, 0) is 23.8 Å². The number of rotatable bonds is 7. The second-order valence-corrected chi connectivity index (χ2v) is 7.46. The molecular formula is C16H22O5S. The molecule has 2 rings (SSSR count). The lowest BCUT2D eigenvalue weighted by atomic mass is 9.77. The first-order chi connectivity index (χ1) is 10.5. The molecule has 0 spiro atoms. The summed E-state index contributed by atoms with van der Waals surface area (Å²) in [6.07, 6.45) is 3.33. The van der Waals surface area contributed by atoms with Crippen molar-refractivity contribution in [2.45, 2.75) is 37.5 Å². The van der Waals surface area contributed by atoms with Crippen molar-refractivity contribution in [1.82, 2.24) is 0 Å². The maximum Gasteiger partial charge on any atom is 0.296 e. The normalized spacial score (nSPS) is 18.0. The maximum absolute atomic E-state index is 12.3. The molecule has 1 heterocycles. The second-order valence-electron chi connectivity index (χ2n) is 5.85. The zero-order valence-electron chi connectivity index (χ0n) is 12.8. The number of hydrogen-bond donors (Lipinski definition) is 0. The third-order valence-electron chi connectivity index (χ3n) is 4.18. The molecule has 0 aliphatic carbocycles. The van der Waals surface area contributed by atoms with Gasteiger partial charge in [0.25, 0.3) is 10.1 Å². The predicted octanol–water partition coefficient (Wildman–Crippen LogP) is 2.48. The lowest BCUT2D eigenvalue weighted by molar-refractivity contribution is -0.109. The van der Waals surface area contributed by atoms with Crippen LogP contribution in [0.5, 0.6) is 0 Å². The molecule has 122 valence electrons. The molecule has 0 aromatic heterocycles. The average Bonchev–Trinajstić information content (AvgIpc) is 2.53. The van der Waals surface area contributed by atoms with E-state index in [2.05, 4.69) is 0 Å². The molecule has 22 heavy (non-hydrogen) atoms. The van der Waals surface area contributed by atoms with Gasteiger partial charge in [-0.1, -0.05) is 17.7 Å². The molecule has 0 bridgehead atoms. The van der Waals surface area contributed by atoms with Crippen LogP contribution >= 0.6 is 0 Å². The number of carbonyl (C=O) groups is 1. The van der Waals surface area contributed by atoms with E-state index >= 15 is 0 Å². The van der Waals surface area contributed by atoms with Crippen LogP contribution in [0, 0.1) is 12.3 Å². The molecule has 1 aromatic rings. The Bertz CT molecular complexity index is 585. The fourth-order valence-corrected chi connectivity index (χ4v) is 3.62. The highest BCUT2D eigenvalue weighted by Gasteiger charge is 2.34. The van der Waals surface area contributed by atoms with Crippen LogP contribution in [0.4, 0.5) is 0 Å². The fourth-order valence-electron chi connectivity index (χ4n) is 2.61. The minimum absolute atomic E-state index is 0.0976. The molecule has 0 atom stereocenters. The van der Waals surface area contributed by atoms with Gasteiger partial charge >= 0.3 is 0 Å². The lowest BCUT2D eigenvalue weighted by Crippen LogP contribution is -2.35.